The lowest BCUT2D eigenvalue weighted by atomic mass is 10.2. The van der Waals surface area contributed by atoms with Crippen molar-refractivity contribution in [3.8, 4) is 0 Å². The molecule has 0 spiro atoms. The zero-order valence-corrected chi connectivity index (χ0v) is 9.21. The Morgan fingerprint density at radius 2 is 1.93 bits per heavy atom. The lowest BCUT2D eigenvalue weighted by Crippen LogP contribution is -2.21. The Morgan fingerprint density at radius 3 is 2.43 bits per heavy atom. The van der Waals surface area contributed by atoms with Gasteiger partial charge in [0.15, 0.2) is 0 Å². The fourth-order valence-electron chi connectivity index (χ4n) is 1.17. The van der Waals surface area contributed by atoms with Crippen molar-refractivity contribution in [1.29, 1.82) is 0 Å². The maximum atomic E-state index is 11.8. The first kappa shape index (κ1) is 11.1. The van der Waals surface area contributed by atoms with Crippen molar-refractivity contribution in [2.24, 2.45) is 0 Å². The molecule has 0 saturated carbocycles. The molecule has 0 fully saturated rings. The summed E-state index contributed by atoms with van der Waals surface area (Å²) in [6.45, 7) is 3.51. The number of rotatable bonds is 4. The first-order chi connectivity index (χ1) is 6.66. The molecule has 3 heteroatoms. The highest BCUT2D eigenvalue weighted by atomic mass is 32.2. The van der Waals surface area contributed by atoms with E-state index in [1.807, 2.05) is 18.2 Å². The Kier molecular flexibility index (Phi) is 4.01. The average Bonchev–Trinajstić information content (AvgIpc) is 2.27. The third kappa shape index (κ3) is 2.51. The molecule has 2 unspecified atom stereocenters. The first-order valence-corrected chi connectivity index (χ1v) is 5.86. The molecule has 0 saturated heterocycles. The summed E-state index contributed by atoms with van der Waals surface area (Å²) in [6.07, 6.45) is 0.444. The summed E-state index contributed by atoms with van der Waals surface area (Å²) < 4.78 is 11.8. The topological polar surface area (TPSA) is 34.1 Å². The molecule has 0 amide bonds. The van der Waals surface area contributed by atoms with E-state index in [0.29, 0.717) is 6.42 Å². The third-order valence-corrected chi connectivity index (χ3v) is 3.74. The Balaban J connectivity index is 2.81. The number of Topliss-reactive ketones (excluding diaryl/α,β-unsaturated/α-hetero) is 1. The second kappa shape index (κ2) is 5.05. The third-order valence-electron chi connectivity index (χ3n) is 2.10. The number of benzene rings is 1. The van der Waals surface area contributed by atoms with Crippen LogP contribution in [-0.4, -0.2) is 15.2 Å². The van der Waals surface area contributed by atoms with Crippen molar-refractivity contribution in [1.82, 2.24) is 0 Å². The van der Waals surface area contributed by atoms with Crippen molar-refractivity contribution in [2.45, 2.75) is 30.4 Å². The maximum absolute atomic E-state index is 11.8. The molecule has 0 aliphatic rings. The Labute approximate surface area is 86.8 Å². The van der Waals surface area contributed by atoms with Crippen molar-refractivity contribution in [3.05, 3.63) is 30.3 Å². The van der Waals surface area contributed by atoms with Crippen LogP contribution < -0.4 is 0 Å². The molecule has 0 aliphatic heterocycles. The van der Waals surface area contributed by atoms with E-state index >= 15 is 0 Å². The van der Waals surface area contributed by atoms with Crippen LogP contribution in [0.1, 0.15) is 20.3 Å². The van der Waals surface area contributed by atoms with Gasteiger partial charge in [0.1, 0.15) is 5.78 Å². The van der Waals surface area contributed by atoms with Crippen molar-refractivity contribution in [2.75, 3.05) is 0 Å². The van der Waals surface area contributed by atoms with E-state index in [0.717, 1.165) is 4.90 Å². The fourth-order valence-corrected chi connectivity index (χ4v) is 2.40. The van der Waals surface area contributed by atoms with E-state index < -0.39 is 16.0 Å². The van der Waals surface area contributed by atoms with Crippen LogP contribution in [0.3, 0.4) is 0 Å². The van der Waals surface area contributed by atoms with Gasteiger partial charge in [0.05, 0.1) is 16.0 Å². The second-order valence-corrected chi connectivity index (χ2v) is 4.85. The van der Waals surface area contributed by atoms with Crippen LogP contribution in [0.2, 0.25) is 0 Å². The molecule has 2 atom stereocenters. The minimum absolute atomic E-state index is 0.0483. The van der Waals surface area contributed by atoms with Gasteiger partial charge >= 0.3 is 0 Å². The van der Waals surface area contributed by atoms with Crippen molar-refractivity contribution >= 4 is 16.6 Å². The summed E-state index contributed by atoms with van der Waals surface area (Å²) in [6, 6.07) is 9.10. The van der Waals surface area contributed by atoms with Crippen LogP contribution in [0.5, 0.6) is 0 Å². The van der Waals surface area contributed by atoms with Gasteiger partial charge in [-0.2, -0.15) is 0 Å². The van der Waals surface area contributed by atoms with Gasteiger partial charge in [-0.1, -0.05) is 25.1 Å². The molecule has 0 heterocycles. The smallest absolute Gasteiger partial charge is 0.148 e. The normalized spacial score (nSPS) is 14.7. The summed E-state index contributed by atoms with van der Waals surface area (Å²) in [7, 11) is -1.21. The van der Waals surface area contributed by atoms with Crippen LogP contribution in [0.15, 0.2) is 35.2 Å². The van der Waals surface area contributed by atoms with Gasteiger partial charge in [-0.15, -0.1) is 0 Å². The Bertz CT molecular complexity index is 332. The minimum atomic E-state index is -1.21. The van der Waals surface area contributed by atoms with Crippen molar-refractivity contribution in [3.63, 3.8) is 0 Å². The second-order valence-electron chi connectivity index (χ2n) is 3.07. The summed E-state index contributed by atoms with van der Waals surface area (Å²) in [4.78, 5) is 12.1. The molecule has 0 aliphatic carbocycles. The Morgan fingerprint density at radius 1 is 1.36 bits per heavy atom. The predicted molar refractivity (Wildman–Crippen MR) is 57.6 cm³/mol. The average molecular weight is 210 g/mol. The highest BCUT2D eigenvalue weighted by Crippen LogP contribution is 2.12. The van der Waals surface area contributed by atoms with Gasteiger partial charge in [-0.05, 0) is 19.1 Å². The molecule has 0 bridgehead atoms. The molecular formula is C11H14O2S. The first-order valence-electron chi connectivity index (χ1n) is 4.65. The summed E-state index contributed by atoms with van der Waals surface area (Å²) in [5.41, 5.74) is 0. The monoisotopic (exact) mass is 210 g/mol. The summed E-state index contributed by atoms with van der Waals surface area (Å²) in [5.74, 6) is 0.0483. The summed E-state index contributed by atoms with van der Waals surface area (Å²) in [5, 5.41) is -0.401. The minimum Gasteiger partial charge on any atom is -0.298 e. The van der Waals surface area contributed by atoms with Crippen molar-refractivity contribution < 1.29 is 9.00 Å². The number of ketones is 1. The molecular weight excluding hydrogens is 196 g/mol. The molecule has 1 rings (SSSR count). The van der Waals surface area contributed by atoms with Gasteiger partial charge in [-0.3, -0.25) is 9.00 Å². The molecule has 1 aromatic rings. The maximum Gasteiger partial charge on any atom is 0.148 e. The van der Waals surface area contributed by atoms with E-state index in [1.54, 1.807) is 26.0 Å². The highest BCUT2D eigenvalue weighted by molar-refractivity contribution is 7.86. The predicted octanol–water partition coefficient (Wildman–Crippen LogP) is 2.16. The van der Waals surface area contributed by atoms with Crippen LogP contribution in [-0.2, 0) is 15.6 Å². The van der Waals surface area contributed by atoms with Crippen LogP contribution in [0, 0.1) is 0 Å². The molecule has 2 nitrogen and oxygen atoms in total. The molecule has 14 heavy (non-hydrogen) atoms. The molecule has 76 valence electrons. The quantitative estimate of drug-likeness (QED) is 0.763. The van der Waals surface area contributed by atoms with E-state index in [4.69, 9.17) is 0 Å². The largest absolute Gasteiger partial charge is 0.298 e. The van der Waals surface area contributed by atoms with E-state index in [2.05, 4.69) is 0 Å². The van der Waals surface area contributed by atoms with Gasteiger partial charge < -0.3 is 0 Å². The number of hydrogen-bond acceptors (Lipinski definition) is 2. The summed E-state index contributed by atoms with van der Waals surface area (Å²) >= 11 is 0. The number of hydrogen-bond donors (Lipinski definition) is 0. The SMILES string of the molecule is CCC(=O)C(C)S(=O)c1ccccc1. The standard InChI is InChI=1S/C11H14O2S/c1-3-11(12)9(2)14(13)10-7-5-4-6-8-10/h4-9H,3H2,1-2H3. The van der Waals surface area contributed by atoms with E-state index in [1.165, 1.54) is 0 Å². The van der Waals surface area contributed by atoms with E-state index in [-0.39, 0.29) is 5.78 Å². The van der Waals surface area contributed by atoms with Crippen LogP contribution in [0.4, 0.5) is 0 Å². The van der Waals surface area contributed by atoms with Gasteiger partial charge in [-0.25, -0.2) is 0 Å². The molecule has 0 aromatic heterocycles. The zero-order chi connectivity index (χ0) is 10.6. The van der Waals surface area contributed by atoms with Crippen LogP contribution >= 0.6 is 0 Å². The molecule has 0 N–H and O–H groups in total. The van der Waals surface area contributed by atoms with Gasteiger partial charge in [0, 0.05) is 11.3 Å². The molecule has 0 radical (unpaired) electrons. The Hall–Kier alpha value is -0.960. The number of carbonyl (C=O) groups is 1. The molecule has 1 aromatic carbocycles. The van der Waals surface area contributed by atoms with Gasteiger partial charge in [0.25, 0.3) is 0 Å². The lowest BCUT2D eigenvalue weighted by molar-refractivity contribution is -0.118. The lowest BCUT2D eigenvalue weighted by Gasteiger charge is -2.08. The van der Waals surface area contributed by atoms with E-state index in [9.17, 15) is 9.00 Å². The highest BCUT2D eigenvalue weighted by Gasteiger charge is 2.19. The zero-order valence-electron chi connectivity index (χ0n) is 8.40. The number of carbonyl (C=O) groups excluding carboxylic acids is 1. The van der Waals surface area contributed by atoms with Gasteiger partial charge in [0.2, 0.25) is 0 Å². The van der Waals surface area contributed by atoms with Crippen LogP contribution in [0.25, 0.3) is 0 Å². The fraction of sp³-hybridized carbons (Fsp3) is 0.364.